The van der Waals surface area contributed by atoms with Crippen LogP contribution in [0.2, 0.25) is 0 Å². The standard InChI is InChI=1S/C12H14BrClFNO2S2/c1-16(10-2-3-19-7-10)20(17,18)11-5-9(13)4-8(6-14)12(11)15/h4-5,10H,2-3,6-7H2,1H3. The number of hydrogen-bond donors (Lipinski definition) is 0. The number of thioether (sulfide) groups is 1. The molecule has 112 valence electrons. The maximum Gasteiger partial charge on any atom is 0.246 e. The van der Waals surface area contributed by atoms with Crippen LogP contribution in [-0.2, 0) is 15.9 Å². The van der Waals surface area contributed by atoms with E-state index in [-0.39, 0.29) is 22.4 Å². The van der Waals surface area contributed by atoms with Gasteiger partial charge in [-0.1, -0.05) is 15.9 Å². The quantitative estimate of drug-likeness (QED) is 0.724. The maximum atomic E-state index is 14.3. The van der Waals surface area contributed by atoms with Crippen molar-refractivity contribution in [2.75, 3.05) is 18.6 Å². The molecule has 20 heavy (non-hydrogen) atoms. The highest BCUT2D eigenvalue weighted by Gasteiger charge is 2.33. The van der Waals surface area contributed by atoms with E-state index in [9.17, 15) is 12.8 Å². The molecule has 0 amide bonds. The van der Waals surface area contributed by atoms with E-state index in [1.807, 2.05) is 0 Å². The van der Waals surface area contributed by atoms with Gasteiger partial charge in [-0.2, -0.15) is 16.1 Å². The molecule has 0 aliphatic carbocycles. The van der Waals surface area contributed by atoms with Crippen LogP contribution in [0.3, 0.4) is 0 Å². The molecule has 3 nitrogen and oxygen atoms in total. The Morgan fingerprint density at radius 1 is 1.55 bits per heavy atom. The second-order valence-electron chi connectivity index (χ2n) is 4.55. The van der Waals surface area contributed by atoms with E-state index in [0.29, 0.717) is 4.47 Å². The molecule has 1 atom stereocenters. The van der Waals surface area contributed by atoms with E-state index in [2.05, 4.69) is 15.9 Å². The van der Waals surface area contributed by atoms with Gasteiger partial charge in [-0.15, -0.1) is 11.6 Å². The Morgan fingerprint density at radius 2 is 2.25 bits per heavy atom. The van der Waals surface area contributed by atoms with Crippen molar-refractivity contribution < 1.29 is 12.8 Å². The van der Waals surface area contributed by atoms with Gasteiger partial charge in [-0.05, 0) is 24.3 Å². The third kappa shape index (κ3) is 3.16. The molecule has 1 fully saturated rings. The zero-order valence-corrected chi connectivity index (χ0v) is 14.7. The molecule has 1 aliphatic rings. The maximum absolute atomic E-state index is 14.3. The Bertz CT molecular complexity index is 606. The number of benzene rings is 1. The van der Waals surface area contributed by atoms with Gasteiger partial charge in [-0.3, -0.25) is 0 Å². The zero-order valence-electron chi connectivity index (χ0n) is 10.8. The van der Waals surface area contributed by atoms with Crippen molar-refractivity contribution in [1.29, 1.82) is 0 Å². The summed E-state index contributed by atoms with van der Waals surface area (Å²) in [4.78, 5) is -0.318. The van der Waals surface area contributed by atoms with Crippen molar-refractivity contribution in [2.24, 2.45) is 0 Å². The fourth-order valence-corrected chi connectivity index (χ4v) is 5.79. The first kappa shape index (κ1) is 16.5. The summed E-state index contributed by atoms with van der Waals surface area (Å²) in [6, 6.07) is 2.70. The average Bonchev–Trinajstić information content (AvgIpc) is 2.93. The second-order valence-corrected chi connectivity index (χ2v) is 8.85. The molecule has 1 heterocycles. The van der Waals surface area contributed by atoms with E-state index in [4.69, 9.17) is 11.6 Å². The fourth-order valence-electron chi connectivity index (χ4n) is 2.06. The van der Waals surface area contributed by atoms with Crippen LogP contribution in [0.25, 0.3) is 0 Å². The zero-order chi connectivity index (χ0) is 14.9. The number of sulfonamides is 1. The first-order valence-corrected chi connectivity index (χ1v) is 9.90. The second kappa shape index (κ2) is 6.52. The number of rotatable bonds is 4. The molecule has 1 aromatic carbocycles. The van der Waals surface area contributed by atoms with Crippen molar-refractivity contribution in [3.05, 3.63) is 28.0 Å². The van der Waals surface area contributed by atoms with Crippen LogP contribution in [0.5, 0.6) is 0 Å². The van der Waals surface area contributed by atoms with Gasteiger partial charge < -0.3 is 0 Å². The monoisotopic (exact) mass is 401 g/mol. The minimum Gasteiger partial charge on any atom is -0.207 e. The SMILES string of the molecule is CN(C1CCSC1)S(=O)(=O)c1cc(Br)cc(CCl)c1F. The Kier molecular flexibility index (Phi) is 5.40. The highest BCUT2D eigenvalue weighted by Crippen LogP contribution is 2.30. The predicted octanol–water partition coefficient (Wildman–Crippen LogP) is 3.45. The lowest BCUT2D eigenvalue weighted by atomic mass is 10.2. The molecule has 0 saturated carbocycles. The van der Waals surface area contributed by atoms with Gasteiger partial charge in [0.25, 0.3) is 0 Å². The van der Waals surface area contributed by atoms with E-state index in [1.54, 1.807) is 11.8 Å². The lowest BCUT2D eigenvalue weighted by Gasteiger charge is -2.23. The van der Waals surface area contributed by atoms with Crippen LogP contribution in [0.1, 0.15) is 12.0 Å². The normalized spacial score (nSPS) is 19.8. The smallest absolute Gasteiger partial charge is 0.207 e. The van der Waals surface area contributed by atoms with E-state index >= 15 is 0 Å². The predicted molar refractivity (Wildman–Crippen MR) is 84.3 cm³/mol. The minimum absolute atomic E-state index is 0.0726. The highest BCUT2D eigenvalue weighted by molar-refractivity contribution is 9.10. The summed E-state index contributed by atoms with van der Waals surface area (Å²) in [6.45, 7) is 0. The van der Waals surface area contributed by atoms with Crippen molar-refractivity contribution >= 4 is 49.3 Å². The fraction of sp³-hybridized carbons (Fsp3) is 0.500. The Labute approximate surface area is 136 Å². The molecule has 8 heteroatoms. The molecule has 0 aromatic heterocycles. The third-order valence-electron chi connectivity index (χ3n) is 3.30. The van der Waals surface area contributed by atoms with Gasteiger partial charge in [-0.25, -0.2) is 12.8 Å². The number of alkyl halides is 1. The van der Waals surface area contributed by atoms with Gasteiger partial charge in [0.2, 0.25) is 10.0 Å². The summed E-state index contributed by atoms with van der Waals surface area (Å²) in [7, 11) is -2.35. The largest absolute Gasteiger partial charge is 0.246 e. The first-order valence-electron chi connectivity index (χ1n) is 5.97. The third-order valence-corrected chi connectivity index (χ3v) is 7.10. The molecular formula is C12H14BrClFNO2S2. The van der Waals surface area contributed by atoms with E-state index < -0.39 is 15.8 Å². The summed E-state index contributed by atoms with van der Waals surface area (Å²) in [6.07, 6.45) is 0.790. The Morgan fingerprint density at radius 3 is 2.80 bits per heavy atom. The van der Waals surface area contributed by atoms with Crippen molar-refractivity contribution in [2.45, 2.75) is 23.2 Å². The number of nitrogens with zero attached hydrogens (tertiary/aromatic N) is 1. The summed E-state index contributed by atoms with van der Waals surface area (Å²) in [5.41, 5.74) is 0.175. The summed E-state index contributed by atoms with van der Waals surface area (Å²) >= 11 is 10.6. The molecule has 0 N–H and O–H groups in total. The number of hydrogen-bond acceptors (Lipinski definition) is 3. The van der Waals surface area contributed by atoms with Crippen LogP contribution in [0.4, 0.5) is 4.39 Å². The van der Waals surface area contributed by atoms with Crippen molar-refractivity contribution in [1.82, 2.24) is 4.31 Å². The average molecular weight is 403 g/mol. The van der Waals surface area contributed by atoms with Crippen LogP contribution in [-0.4, -0.2) is 37.3 Å². The lowest BCUT2D eigenvalue weighted by molar-refractivity contribution is 0.391. The molecule has 2 rings (SSSR count). The number of halogens is 3. The van der Waals surface area contributed by atoms with E-state index in [1.165, 1.54) is 23.5 Å². The van der Waals surface area contributed by atoms with Crippen LogP contribution < -0.4 is 0 Å². The molecule has 1 saturated heterocycles. The molecular weight excluding hydrogens is 389 g/mol. The van der Waals surface area contributed by atoms with Crippen LogP contribution >= 0.6 is 39.3 Å². The van der Waals surface area contributed by atoms with Gasteiger partial charge >= 0.3 is 0 Å². The van der Waals surface area contributed by atoms with Crippen LogP contribution in [0, 0.1) is 5.82 Å². The molecule has 0 radical (unpaired) electrons. The lowest BCUT2D eigenvalue weighted by Crippen LogP contribution is -2.37. The Balaban J connectivity index is 2.45. The summed E-state index contributed by atoms with van der Waals surface area (Å²) in [5, 5.41) is 0. The molecule has 1 aliphatic heterocycles. The van der Waals surface area contributed by atoms with Crippen LogP contribution in [0.15, 0.2) is 21.5 Å². The van der Waals surface area contributed by atoms with Crippen molar-refractivity contribution in [3.8, 4) is 0 Å². The minimum atomic E-state index is -3.85. The van der Waals surface area contributed by atoms with Gasteiger partial charge in [0.05, 0.1) is 5.88 Å². The topological polar surface area (TPSA) is 37.4 Å². The van der Waals surface area contributed by atoms with E-state index in [0.717, 1.165) is 17.9 Å². The Hall–Kier alpha value is 0.180. The first-order chi connectivity index (χ1) is 9.37. The van der Waals surface area contributed by atoms with Crippen molar-refractivity contribution in [3.63, 3.8) is 0 Å². The molecule has 1 unspecified atom stereocenters. The van der Waals surface area contributed by atoms with Gasteiger partial charge in [0.1, 0.15) is 10.7 Å². The molecule has 0 bridgehead atoms. The molecule has 0 spiro atoms. The van der Waals surface area contributed by atoms with Gasteiger partial charge in [0.15, 0.2) is 0 Å². The highest BCUT2D eigenvalue weighted by atomic mass is 79.9. The molecule has 1 aromatic rings. The van der Waals surface area contributed by atoms with Gasteiger partial charge in [0, 0.05) is 28.9 Å². The summed E-state index contributed by atoms with van der Waals surface area (Å²) in [5.74, 6) is 0.837. The summed E-state index contributed by atoms with van der Waals surface area (Å²) < 4.78 is 41.2.